The largest absolute Gasteiger partial charge is 0.367 e. The van der Waals surface area contributed by atoms with Crippen LogP contribution in [0.4, 0.5) is 5.95 Å². The van der Waals surface area contributed by atoms with Crippen LogP contribution in [0.25, 0.3) is 22.3 Å². The van der Waals surface area contributed by atoms with Crippen molar-refractivity contribution in [1.29, 1.82) is 0 Å². The van der Waals surface area contributed by atoms with Crippen LogP contribution in [0.1, 0.15) is 32.6 Å². The fourth-order valence-corrected chi connectivity index (χ4v) is 3.53. The smallest absolute Gasteiger partial charge is 0.330 e. The van der Waals surface area contributed by atoms with Gasteiger partial charge in [0.2, 0.25) is 5.95 Å². The number of nitrogens with zero attached hydrogens (tertiary/aromatic N) is 6. The van der Waals surface area contributed by atoms with Gasteiger partial charge in [0, 0.05) is 13.1 Å². The number of H-pyrrole nitrogens is 4. The van der Waals surface area contributed by atoms with Crippen molar-refractivity contribution < 1.29 is 9.63 Å². The van der Waals surface area contributed by atoms with Gasteiger partial charge < -0.3 is 24.7 Å². The molecule has 1 aliphatic rings. The first kappa shape index (κ1) is 20.8. The lowest BCUT2D eigenvalue weighted by atomic mass is 9.98. The average molecular weight is 454 g/mol. The predicted octanol–water partition coefficient (Wildman–Crippen LogP) is -0.0266. The maximum atomic E-state index is 12.6. The predicted molar refractivity (Wildman–Crippen MR) is 116 cm³/mol. The molecular weight excluding hydrogens is 432 g/mol. The number of nitrogens with one attached hydrogen (secondary N) is 4. The van der Waals surface area contributed by atoms with Gasteiger partial charge in [0.25, 0.3) is 11.1 Å². The summed E-state index contributed by atoms with van der Waals surface area (Å²) in [5.41, 5.74) is -0.408. The number of rotatable bonds is 3. The van der Waals surface area contributed by atoms with Gasteiger partial charge in [-0.3, -0.25) is 14.6 Å². The van der Waals surface area contributed by atoms with Crippen LogP contribution in [-0.2, 0) is 9.63 Å². The zero-order chi connectivity index (χ0) is 23.3. The minimum atomic E-state index is -0.730. The van der Waals surface area contributed by atoms with E-state index >= 15 is 0 Å². The molecule has 5 heterocycles. The molecule has 1 unspecified atom stereocenters. The van der Waals surface area contributed by atoms with Crippen LogP contribution in [0.3, 0.4) is 0 Å². The number of hydroxylamine groups is 2. The van der Waals surface area contributed by atoms with Crippen LogP contribution < -0.4 is 16.0 Å². The van der Waals surface area contributed by atoms with E-state index < -0.39 is 23.0 Å². The number of aromatic amines is 4. The van der Waals surface area contributed by atoms with Gasteiger partial charge >= 0.3 is 5.97 Å². The van der Waals surface area contributed by atoms with E-state index in [2.05, 4.69) is 39.9 Å². The number of hydrogen-bond donors (Lipinski definition) is 4. The lowest BCUT2D eigenvalue weighted by molar-refractivity contribution is -0.215. The fraction of sp³-hybridized carbons (Fsp3) is 0.421. The third kappa shape index (κ3) is 3.73. The third-order valence-electron chi connectivity index (χ3n) is 5.36. The first-order valence-electron chi connectivity index (χ1n) is 10.3. The van der Waals surface area contributed by atoms with Gasteiger partial charge in [-0.1, -0.05) is 0 Å². The SMILES string of the molecule is CC(C)(C)C(=O)ON1CCN(c2nc3nc[nH]c3c(=O)[nH]2)CC1c1nc2nc[nH]c2c(=O)[nH]1. The standard InChI is InChI=1S/C19H22N10O4/c1-19(2,3)17(32)33-29-5-4-28(18-26-14-11(16(31)27-18)21-8-23-14)6-9(29)12-24-13-10(15(30)25-12)20-7-22-13/h7-9H,4-6H2,1-3H3,(H2,20,22,24,25,30)(H2,21,23,26,27,31). The molecule has 14 heteroatoms. The monoisotopic (exact) mass is 454 g/mol. The Labute approximate surface area is 185 Å². The van der Waals surface area contributed by atoms with Crippen LogP contribution in [0.5, 0.6) is 0 Å². The minimum absolute atomic E-state index is 0.217. The zero-order valence-electron chi connectivity index (χ0n) is 18.2. The molecule has 172 valence electrons. The molecule has 1 atom stereocenters. The van der Waals surface area contributed by atoms with Gasteiger partial charge in [0.1, 0.15) is 11.9 Å². The summed E-state index contributed by atoms with van der Waals surface area (Å²) < 4.78 is 0. The fourth-order valence-electron chi connectivity index (χ4n) is 3.53. The topological polar surface area (TPSA) is 182 Å². The summed E-state index contributed by atoms with van der Waals surface area (Å²) in [4.78, 5) is 73.1. The highest BCUT2D eigenvalue weighted by atomic mass is 16.7. The number of fused-ring (bicyclic) bond motifs is 2. The summed E-state index contributed by atoms with van der Waals surface area (Å²) in [6, 6.07) is -0.654. The zero-order valence-corrected chi connectivity index (χ0v) is 18.2. The maximum Gasteiger partial charge on any atom is 0.330 e. The molecule has 4 N–H and O–H groups in total. The molecule has 1 fully saturated rings. The van der Waals surface area contributed by atoms with Gasteiger partial charge in [-0.2, -0.15) is 4.98 Å². The van der Waals surface area contributed by atoms with E-state index in [1.54, 1.807) is 20.8 Å². The second-order valence-corrected chi connectivity index (χ2v) is 8.77. The van der Waals surface area contributed by atoms with Crippen LogP contribution in [0.15, 0.2) is 22.2 Å². The summed E-state index contributed by atoms with van der Waals surface area (Å²) >= 11 is 0. The van der Waals surface area contributed by atoms with Crippen molar-refractivity contribution in [2.75, 3.05) is 24.5 Å². The highest BCUT2D eigenvalue weighted by molar-refractivity contribution is 5.75. The van der Waals surface area contributed by atoms with Crippen molar-refractivity contribution in [2.24, 2.45) is 5.41 Å². The Morgan fingerprint density at radius 2 is 1.64 bits per heavy atom. The van der Waals surface area contributed by atoms with E-state index in [4.69, 9.17) is 4.84 Å². The van der Waals surface area contributed by atoms with E-state index in [1.807, 2.05) is 4.90 Å². The molecule has 4 aromatic heterocycles. The Kier molecular flexibility index (Phi) is 4.74. The molecule has 0 aromatic carbocycles. The number of anilines is 1. The summed E-state index contributed by atoms with van der Waals surface area (Å²) in [5, 5.41) is 1.49. The van der Waals surface area contributed by atoms with Crippen molar-refractivity contribution in [2.45, 2.75) is 26.8 Å². The normalized spacial score (nSPS) is 17.7. The van der Waals surface area contributed by atoms with Crippen molar-refractivity contribution in [1.82, 2.24) is 44.9 Å². The molecule has 0 radical (unpaired) electrons. The van der Waals surface area contributed by atoms with Crippen molar-refractivity contribution in [3.05, 3.63) is 39.2 Å². The summed E-state index contributed by atoms with van der Waals surface area (Å²) in [5.74, 6) is 0.164. The van der Waals surface area contributed by atoms with Crippen LogP contribution in [0, 0.1) is 5.41 Å². The Hall–Kier alpha value is -4.07. The molecule has 1 aliphatic heterocycles. The second-order valence-electron chi connectivity index (χ2n) is 8.77. The van der Waals surface area contributed by atoms with Gasteiger partial charge in [-0.05, 0) is 20.8 Å². The van der Waals surface area contributed by atoms with Crippen molar-refractivity contribution in [3.63, 3.8) is 0 Å². The second kappa shape index (κ2) is 7.51. The maximum absolute atomic E-state index is 12.6. The molecule has 4 aromatic rings. The molecule has 14 nitrogen and oxygen atoms in total. The molecule has 0 amide bonds. The van der Waals surface area contributed by atoms with E-state index in [0.29, 0.717) is 12.5 Å². The Morgan fingerprint density at radius 3 is 2.30 bits per heavy atom. The Balaban J connectivity index is 1.53. The first-order chi connectivity index (χ1) is 15.7. The molecule has 0 aliphatic carbocycles. The first-order valence-corrected chi connectivity index (χ1v) is 10.3. The highest BCUT2D eigenvalue weighted by Gasteiger charge is 2.36. The highest BCUT2D eigenvalue weighted by Crippen LogP contribution is 2.27. The number of carbonyl (C=O) groups is 1. The average Bonchev–Trinajstić information content (AvgIpc) is 3.43. The molecule has 5 rings (SSSR count). The van der Waals surface area contributed by atoms with Crippen molar-refractivity contribution in [3.8, 4) is 0 Å². The van der Waals surface area contributed by atoms with Crippen LogP contribution in [-0.4, -0.2) is 70.5 Å². The summed E-state index contributed by atoms with van der Waals surface area (Å²) in [6.45, 7) is 6.15. The summed E-state index contributed by atoms with van der Waals surface area (Å²) in [7, 11) is 0. The lowest BCUT2D eigenvalue weighted by Crippen LogP contribution is -2.51. The third-order valence-corrected chi connectivity index (χ3v) is 5.36. The molecule has 33 heavy (non-hydrogen) atoms. The molecule has 1 saturated heterocycles. The van der Waals surface area contributed by atoms with Gasteiger partial charge in [-0.25, -0.2) is 19.7 Å². The number of piperazine rings is 1. The number of hydrogen-bond acceptors (Lipinski definition) is 10. The van der Waals surface area contributed by atoms with Crippen LogP contribution in [0.2, 0.25) is 0 Å². The Morgan fingerprint density at radius 1 is 1.00 bits per heavy atom. The van der Waals surface area contributed by atoms with Gasteiger partial charge in [-0.15, -0.1) is 5.06 Å². The molecular formula is C19H22N10O4. The minimum Gasteiger partial charge on any atom is -0.367 e. The van der Waals surface area contributed by atoms with E-state index in [1.165, 1.54) is 17.7 Å². The van der Waals surface area contributed by atoms with E-state index in [9.17, 15) is 14.4 Å². The van der Waals surface area contributed by atoms with E-state index in [-0.39, 0.29) is 46.8 Å². The van der Waals surface area contributed by atoms with E-state index in [0.717, 1.165) is 0 Å². The summed E-state index contributed by atoms with van der Waals surface area (Å²) in [6.07, 6.45) is 2.78. The molecule has 0 saturated carbocycles. The number of aromatic nitrogens is 8. The lowest BCUT2D eigenvalue weighted by Gasteiger charge is -2.40. The Bertz CT molecular complexity index is 1460. The van der Waals surface area contributed by atoms with Crippen molar-refractivity contribution >= 4 is 34.2 Å². The number of carbonyl (C=O) groups excluding carboxylic acids is 1. The van der Waals surface area contributed by atoms with Crippen LogP contribution >= 0.6 is 0 Å². The quantitative estimate of drug-likeness (QED) is 0.328. The molecule has 0 bridgehead atoms. The van der Waals surface area contributed by atoms with Gasteiger partial charge in [0.05, 0.1) is 24.6 Å². The van der Waals surface area contributed by atoms with Gasteiger partial charge in [0.15, 0.2) is 22.3 Å². The molecule has 0 spiro atoms. The number of imidazole rings is 2.